The number of rotatable bonds is 3. The molecule has 4 nitrogen and oxygen atoms in total. The van der Waals surface area contributed by atoms with Crippen LogP contribution in [0.3, 0.4) is 0 Å². The van der Waals surface area contributed by atoms with Gasteiger partial charge in [0.15, 0.2) is 11.6 Å². The van der Waals surface area contributed by atoms with Crippen LogP contribution in [0, 0.1) is 0 Å². The number of fused-ring (bicyclic) bond motifs is 12. The SMILES string of the molecule is CC1(C)C2=C(C=CCC2)c2ccc(-c3nc(-c4ccc5c(c4)C(C)(C)c4ccccc4-5)nc(-n4c5ccccc5c5ccc6c7ccccc7sc6c54)n3)cc21. The molecule has 0 saturated heterocycles. The molecule has 0 N–H and O–H groups in total. The molecule has 3 aliphatic carbocycles. The van der Waals surface area contributed by atoms with Crippen molar-refractivity contribution in [3.05, 3.63) is 161 Å². The first kappa shape index (κ1) is 32.1. The first-order valence-electron chi connectivity index (χ1n) is 19.7. The van der Waals surface area contributed by atoms with Crippen molar-refractivity contribution in [2.75, 3.05) is 0 Å². The fourth-order valence-electron chi connectivity index (χ4n) is 10.2. The Morgan fingerprint density at radius 2 is 1.23 bits per heavy atom. The zero-order chi connectivity index (χ0) is 37.5. The van der Waals surface area contributed by atoms with Crippen molar-refractivity contribution in [1.82, 2.24) is 19.5 Å². The van der Waals surface area contributed by atoms with Gasteiger partial charge < -0.3 is 0 Å². The van der Waals surface area contributed by atoms with E-state index in [9.17, 15) is 0 Å². The average molecular weight is 739 g/mol. The van der Waals surface area contributed by atoms with Crippen LogP contribution < -0.4 is 0 Å². The predicted molar refractivity (Wildman–Crippen MR) is 234 cm³/mol. The van der Waals surface area contributed by atoms with Crippen LogP contribution in [0.2, 0.25) is 0 Å². The van der Waals surface area contributed by atoms with Crippen LogP contribution in [0.5, 0.6) is 0 Å². The highest BCUT2D eigenvalue weighted by atomic mass is 32.1. The minimum Gasteiger partial charge on any atom is -0.276 e. The van der Waals surface area contributed by atoms with Crippen LogP contribution in [-0.4, -0.2) is 19.5 Å². The van der Waals surface area contributed by atoms with Gasteiger partial charge in [0, 0.05) is 48.2 Å². The van der Waals surface area contributed by atoms with Gasteiger partial charge in [0.1, 0.15) is 0 Å². The first-order chi connectivity index (χ1) is 27.3. The zero-order valence-corrected chi connectivity index (χ0v) is 32.6. The first-order valence-corrected chi connectivity index (χ1v) is 20.5. The molecule has 5 heteroatoms. The van der Waals surface area contributed by atoms with Gasteiger partial charge in [0.25, 0.3) is 0 Å². The van der Waals surface area contributed by atoms with E-state index in [0.717, 1.165) is 35.0 Å². The molecule has 0 atom stereocenters. The lowest BCUT2D eigenvalue weighted by Crippen LogP contribution is -2.18. The summed E-state index contributed by atoms with van der Waals surface area (Å²) < 4.78 is 4.81. The molecule has 0 unspecified atom stereocenters. The number of benzene rings is 6. The molecule has 0 amide bonds. The standard InChI is InChI=1S/C51H38N4S/c1-50(2)39-17-9-5-13-31(39)33-23-21-29(27-41(33)50)47-52-48(30-22-24-34-32-14-6-10-18-40(32)51(3,4)42(34)28-30)54-49(53-47)55-43-19-11-7-15-35(43)37-25-26-38-36-16-8-12-20-44(36)56-46(38)45(37)55/h5-9,11-17,19-28H,10,18H2,1-4H3. The van der Waals surface area contributed by atoms with E-state index < -0.39 is 0 Å². The molecular weight excluding hydrogens is 701 g/mol. The monoisotopic (exact) mass is 738 g/mol. The number of para-hydroxylation sites is 1. The number of hydrogen-bond acceptors (Lipinski definition) is 4. The summed E-state index contributed by atoms with van der Waals surface area (Å²) in [6.45, 7) is 9.41. The second kappa shape index (κ2) is 11.2. The third-order valence-electron chi connectivity index (χ3n) is 13.0. The van der Waals surface area contributed by atoms with Gasteiger partial charge in [-0.25, -0.2) is 4.98 Å². The number of aromatic nitrogens is 4. The van der Waals surface area contributed by atoms with E-state index in [-0.39, 0.29) is 10.8 Å². The van der Waals surface area contributed by atoms with Crippen LogP contribution in [-0.2, 0) is 10.8 Å². The minimum atomic E-state index is -0.146. The molecule has 3 aromatic heterocycles. The van der Waals surface area contributed by atoms with Gasteiger partial charge in [-0.1, -0.05) is 142 Å². The van der Waals surface area contributed by atoms with E-state index in [4.69, 9.17) is 15.0 Å². The number of allylic oxidation sites excluding steroid dienone is 4. The summed E-state index contributed by atoms with van der Waals surface area (Å²) in [4.78, 5) is 16.3. The van der Waals surface area contributed by atoms with Gasteiger partial charge in [-0.3, -0.25) is 4.57 Å². The van der Waals surface area contributed by atoms with Crippen molar-refractivity contribution in [1.29, 1.82) is 0 Å². The van der Waals surface area contributed by atoms with Crippen LogP contribution in [0.25, 0.3) is 87.4 Å². The lowest BCUT2D eigenvalue weighted by atomic mass is 9.78. The summed E-state index contributed by atoms with van der Waals surface area (Å²) >= 11 is 1.84. The van der Waals surface area contributed by atoms with Crippen molar-refractivity contribution < 1.29 is 0 Å². The van der Waals surface area contributed by atoms with E-state index in [1.165, 1.54) is 75.5 Å². The topological polar surface area (TPSA) is 43.6 Å². The third kappa shape index (κ3) is 4.26. The molecule has 3 aliphatic rings. The second-order valence-corrected chi connectivity index (χ2v) is 17.8. The maximum absolute atomic E-state index is 5.45. The molecule has 6 aromatic carbocycles. The van der Waals surface area contributed by atoms with Gasteiger partial charge in [0.2, 0.25) is 5.95 Å². The molecule has 9 aromatic rings. The van der Waals surface area contributed by atoms with Crippen LogP contribution >= 0.6 is 11.3 Å². The Morgan fingerprint density at radius 1 is 0.571 bits per heavy atom. The molecule has 3 heterocycles. The van der Waals surface area contributed by atoms with Gasteiger partial charge in [-0.2, -0.15) is 9.97 Å². The maximum Gasteiger partial charge on any atom is 0.238 e. The number of nitrogens with zero attached hydrogens (tertiary/aromatic N) is 4. The zero-order valence-electron chi connectivity index (χ0n) is 31.8. The number of thiophene rings is 1. The molecule has 268 valence electrons. The summed E-state index contributed by atoms with van der Waals surface area (Å²) in [6, 6.07) is 44.4. The van der Waals surface area contributed by atoms with E-state index in [2.05, 4.69) is 166 Å². The maximum atomic E-state index is 5.45. The molecule has 0 spiro atoms. The summed E-state index contributed by atoms with van der Waals surface area (Å²) in [7, 11) is 0. The van der Waals surface area contributed by atoms with Crippen LogP contribution in [0.4, 0.5) is 0 Å². The van der Waals surface area contributed by atoms with E-state index in [1.54, 1.807) is 0 Å². The average Bonchev–Trinajstić information content (AvgIpc) is 3.92. The smallest absolute Gasteiger partial charge is 0.238 e. The highest BCUT2D eigenvalue weighted by molar-refractivity contribution is 7.26. The van der Waals surface area contributed by atoms with Crippen molar-refractivity contribution in [3.63, 3.8) is 0 Å². The Kier molecular flexibility index (Phi) is 6.43. The minimum absolute atomic E-state index is 0.0652. The quantitative estimate of drug-likeness (QED) is 0.181. The third-order valence-corrected chi connectivity index (χ3v) is 14.2. The Bertz CT molecular complexity index is 3260. The largest absolute Gasteiger partial charge is 0.276 e. The van der Waals surface area contributed by atoms with E-state index in [0.29, 0.717) is 17.6 Å². The van der Waals surface area contributed by atoms with Gasteiger partial charge in [-0.05, 0) is 76.1 Å². The Labute approximate surface area is 329 Å². The predicted octanol–water partition coefficient (Wildman–Crippen LogP) is 13.4. The Morgan fingerprint density at radius 3 is 2.05 bits per heavy atom. The highest BCUT2D eigenvalue weighted by Gasteiger charge is 2.38. The van der Waals surface area contributed by atoms with Crippen LogP contribution in [0.1, 0.15) is 62.8 Å². The molecule has 0 saturated carbocycles. The van der Waals surface area contributed by atoms with Crippen molar-refractivity contribution in [2.24, 2.45) is 0 Å². The van der Waals surface area contributed by atoms with Crippen LogP contribution in [0.15, 0.2) is 139 Å². The lowest BCUT2D eigenvalue weighted by Gasteiger charge is -2.26. The van der Waals surface area contributed by atoms with Gasteiger partial charge in [-0.15, -0.1) is 11.3 Å². The van der Waals surface area contributed by atoms with Gasteiger partial charge in [0.05, 0.1) is 15.7 Å². The molecule has 0 radical (unpaired) electrons. The van der Waals surface area contributed by atoms with Crippen molar-refractivity contribution in [3.8, 4) is 39.9 Å². The lowest BCUT2D eigenvalue weighted by molar-refractivity contribution is 0.607. The normalized spacial score (nSPS) is 16.2. The molecule has 12 rings (SSSR count). The fraction of sp³-hybridized carbons (Fsp3) is 0.157. The molecular formula is C51H38N4S. The fourth-order valence-corrected chi connectivity index (χ4v) is 11.4. The highest BCUT2D eigenvalue weighted by Crippen LogP contribution is 2.52. The van der Waals surface area contributed by atoms with E-state index in [1.807, 2.05) is 11.3 Å². The molecule has 0 bridgehead atoms. The second-order valence-electron chi connectivity index (χ2n) is 16.7. The van der Waals surface area contributed by atoms with Crippen molar-refractivity contribution in [2.45, 2.75) is 51.4 Å². The summed E-state index contributed by atoms with van der Waals surface area (Å²) in [5.41, 5.74) is 14.8. The Hall–Kier alpha value is -6.17. The summed E-state index contributed by atoms with van der Waals surface area (Å²) in [5.74, 6) is 1.99. The summed E-state index contributed by atoms with van der Waals surface area (Å²) in [5, 5.41) is 4.91. The van der Waals surface area contributed by atoms with Gasteiger partial charge >= 0.3 is 0 Å². The molecule has 0 fully saturated rings. The molecule has 0 aliphatic heterocycles. The van der Waals surface area contributed by atoms with E-state index >= 15 is 0 Å². The number of hydrogen-bond donors (Lipinski definition) is 0. The summed E-state index contributed by atoms with van der Waals surface area (Å²) in [6.07, 6.45) is 6.84. The van der Waals surface area contributed by atoms with Crippen molar-refractivity contribution >= 4 is 58.9 Å². The molecule has 56 heavy (non-hydrogen) atoms. The Balaban J connectivity index is 1.14.